The number of aliphatic hydroxyl groups excluding tert-OH is 1. The number of aliphatic hydroxyl groups is 1. The van der Waals surface area contributed by atoms with E-state index in [1.54, 1.807) is 0 Å². The summed E-state index contributed by atoms with van der Waals surface area (Å²) in [6.07, 6.45) is 8.42. The minimum absolute atomic E-state index is 0.00902. The Balaban J connectivity index is 1.33. The van der Waals surface area contributed by atoms with Crippen molar-refractivity contribution >= 4 is 33.5 Å². The second-order valence-electron chi connectivity index (χ2n) is 15.8. The minimum Gasteiger partial charge on any atom is -0.508 e. The summed E-state index contributed by atoms with van der Waals surface area (Å²) in [6, 6.07) is 3.28. The molecule has 2 unspecified atom stereocenters. The number of aromatic nitrogens is 3. The maximum absolute atomic E-state index is 17.4. The number of nitrogens with zero attached hydrogens (tertiary/aromatic N) is 6. The van der Waals surface area contributed by atoms with Crippen molar-refractivity contribution in [2.45, 2.75) is 76.6 Å². The van der Waals surface area contributed by atoms with Crippen LogP contribution in [0.4, 0.5) is 32.6 Å². The number of piperazine rings is 1. The van der Waals surface area contributed by atoms with Gasteiger partial charge < -0.3 is 39.7 Å². The Morgan fingerprint density at radius 2 is 1.76 bits per heavy atom. The molecule has 1 saturated carbocycles. The van der Waals surface area contributed by atoms with Gasteiger partial charge in [-0.25, -0.2) is 31.7 Å². The first-order chi connectivity index (χ1) is 28.2. The molecule has 4 aromatic rings. The Labute approximate surface area is 338 Å². The van der Waals surface area contributed by atoms with Crippen LogP contribution in [-0.4, -0.2) is 125 Å². The van der Waals surface area contributed by atoms with E-state index in [0.29, 0.717) is 50.7 Å². The molecule has 3 aliphatic rings. The lowest BCUT2D eigenvalue weighted by molar-refractivity contribution is -0.0466. The Morgan fingerprint density at radius 1 is 1.07 bits per heavy atom. The molecule has 2 aliphatic heterocycles. The molecule has 3 N–H and O–H groups in total. The maximum atomic E-state index is 17.4. The number of anilines is 1. The fraction of sp³-hybridized carbons (Fsp3) is 0.524. The fourth-order valence-corrected chi connectivity index (χ4v) is 8.32. The number of likely N-dealkylation sites (tertiary alicyclic amines) is 1. The van der Waals surface area contributed by atoms with E-state index in [1.165, 1.54) is 30.2 Å². The molecule has 0 bridgehead atoms. The van der Waals surface area contributed by atoms with Gasteiger partial charge in [-0.05, 0) is 62.1 Å². The largest absolute Gasteiger partial charge is 0.508 e. The number of terminal acetylenes is 1. The first-order valence-electron chi connectivity index (χ1n) is 19.9. The SMILES string of the molecule is C#Cc1c(F)ccc2cc(O)cc(-c3nc(OC)c4c(N5CC(CC)N(C(=O)NCC(F)(F)CO)C(CC)C5)nc(OCC5(CN6CCC(F)CC6)CC5)nc4c3F)c12. The molecule has 7 rings (SSSR count). The van der Waals surface area contributed by atoms with Crippen molar-refractivity contribution in [1.29, 1.82) is 0 Å². The van der Waals surface area contributed by atoms with Crippen LogP contribution in [0.3, 0.4) is 0 Å². The highest BCUT2D eigenvalue weighted by Gasteiger charge is 2.46. The number of urea groups is 1. The first-order valence-corrected chi connectivity index (χ1v) is 19.9. The number of aromatic hydroxyl groups is 1. The third-order valence-corrected chi connectivity index (χ3v) is 11.8. The lowest BCUT2D eigenvalue weighted by atomic mass is 9.95. The van der Waals surface area contributed by atoms with E-state index in [9.17, 15) is 23.1 Å². The summed E-state index contributed by atoms with van der Waals surface area (Å²) in [5.74, 6) is -3.01. The number of fused-ring (bicyclic) bond motifs is 2. The fourth-order valence-electron chi connectivity index (χ4n) is 8.32. The number of hydrogen-bond acceptors (Lipinski definition) is 10. The monoisotopic (exact) mass is 825 g/mol. The van der Waals surface area contributed by atoms with Crippen LogP contribution in [0.5, 0.6) is 17.6 Å². The number of carbonyl (C=O) groups is 1. The summed E-state index contributed by atoms with van der Waals surface area (Å²) in [5, 5.41) is 22.6. The summed E-state index contributed by atoms with van der Waals surface area (Å²) >= 11 is 0. The van der Waals surface area contributed by atoms with Gasteiger partial charge in [0, 0.05) is 49.1 Å². The molecule has 0 radical (unpaired) electrons. The Kier molecular flexibility index (Phi) is 11.9. The van der Waals surface area contributed by atoms with Crippen LogP contribution >= 0.6 is 0 Å². The summed E-state index contributed by atoms with van der Waals surface area (Å²) in [4.78, 5) is 33.0. The van der Waals surface area contributed by atoms with Gasteiger partial charge >= 0.3 is 12.0 Å². The zero-order valence-corrected chi connectivity index (χ0v) is 33.2. The summed E-state index contributed by atoms with van der Waals surface area (Å²) < 4.78 is 86.4. The predicted molar refractivity (Wildman–Crippen MR) is 212 cm³/mol. The van der Waals surface area contributed by atoms with E-state index in [0.717, 1.165) is 18.9 Å². The third-order valence-electron chi connectivity index (χ3n) is 11.8. The smallest absolute Gasteiger partial charge is 0.319 e. The molecule has 2 atom stereocenters. The number of rotatable bonds is 13. The second kappa shape index (κ2) is 16.8. The quantitative estimate of drug-likeness (QED) is 0.102. The number of nitrogens with one attached hydrogen (secondary N) is 1. The van der Waals surface area contributed by atoms with Crippen molar-refractivity contribution in [2.24, 2.45) is 5.41 Å². The van der Waals surface area contributed by atoms with E-state index in [4.69, 9.17) is 26.0 Å². The van der Waals surface area contributed by atoms with E-state index >= 15 is 8.78 Å². The van der Waals surface area contributed by atoms with E-state index in [1.807, 2.05) is 18.7 Å². The number of hydrogen-bond donors (Lipinski definition) is 3. The summed E-state index contributed by atoms with van der Waals surface area (Å²) in [5.41, 5.74) is -0.977. The molecule has 2 amide bonds. The average molecular weight is 826 g/mol. The van der Waals surface area contributed by atoms with Crippen molar-refractivity contribution in [3.63, 3.8) is 0 Å². The minimum atomic E-state index is -3.50. The van der Waals surface area contributed by atoms with Crippen LogP contribution in [0, 0.1) is 29.4 Å². The lowest BCUT2D eigenvalue weighted by Gasteiger charge is -2.47. The maximum Gasteiger partial charge on any atom is 0.319 e. The van der Waals surface area contributed by atoms with Crippen LogP contribution < -0.4 is 19.7 Å². The van der Waals surface area contributed by atoms with Gasteiger partial charge in [-0.3, -0.25) is 0 Å². The van der Waals surface area contributed by atoms with Gasteiger partial charge in [0.15, 0.2) is 5.82 Å². The number of halogens is 5. The van der Waals surface area contributed by atoms with Crippen LogP contribution in [0.1, 0.15) is 57.9 Å². The van der Waals surface area contributed by atoms with Crippen LogP contribution in [0.25, 0.3) is 32.9 Å². The number of pyridine rings is 1. The van der Waals surface area contributed by atoms with Gasteiger partial charge in [0.1, 0.15) is 46.8 Å². The molecule has 12 nitrogen and oxygen atoms in total. The van der Waals surface area contributed by atoms with E-state index < -0.39 is 55.0 Å². The second-order valence-corrected chi connectivity index (χ2v) is 15.8. The van der Waals surface area contributed by atoms with Gasteiger partial charge in [0.05, 0.1) is 37.9 Å². The Hall–Kier alpha value is -5.21. The zero-order valence-electron chi connectivity index (χ0n) is 33.2. The number of phenolic OH excluding ortho intramolecular Hbond substituents is 1. The molecular weight excluding hydrogens is 777 g/mol. The van der Waals surface area contributed by atoms with Crippen LogP contribution in [0.15, 0.2) is 24.3 Å². The molecule has 316 valence electrons. The summed E-state index contributed by atoms with van der Waals surface area (Å²) in [7, 11) is 1.33. The molecule has 59 heavy (non-hydrogen) atoms. The van der Waals surface area contributed by atoms with Crippen LogP contribution in [0.2, 0.25) is 0 Å². The normalized spacial score (nSPS) is 19.9. The van der Waals surface area contributed by atoms with E-state index in [2.05, 4.69) is 26.1 Å². The highest BCUT2D eigenvalue weighted by molar-refractivity contribution is 6.04. The van der Waals surface area contributed by atoms with Gasteiger partial charge in [-0.1, -0.05) is 25.8 Å². The topological polar surface area (TPSA) is 136 Å². The standard InChI is InChI=1S/C42H48F5N7O5/c1-5-26-18-53(19-27(6-2)54(26)40(57)48-20-42(46,47)22-55)37-33-36(50-39(51-37)59-23-41(12-13-41)21-52-14-10-25(43)11-15-52)34(45)35(49-38(33)58-4)30-17-28(56)16-24-8-9-31(44)29(7-3)32(24)30/h3,8-9,16-17,25-27,55-56H,5-6,10-15,18-23H2,1-2,4H3,(H,48,57). The molecular formula is C42H48F5N7O5. The molecule has 1 aliphatic carbocycles. The number of piperidine rings is 1. The van der Waals surface area contributed by atoms with Gasteiger partial charge in [0.25, 0.3) is 5.92 Å². The Morgan fingerprint density at radius 3 is 2.37 bits per heavy atom. The molecule has 2 aromatic carbocycles. The lowest BCUT2D eigenvalue weighted by Crippen LogP contribution is -2.63. The highest BCUT2D eigenvalue weighted by Crippen LogP contribution is 2.48. The average Bonchev–Trinajstić information content (AvgIpc) is 4.01. The molecule has 0 spiro atoms. The summed E-state index contributed by atoms with van der Waals surface area (Å²) in [6.45, 7) is 3.70. The zero-order chi connectivity index (χ0) is 42.2. The molecule has 3 fully saturated rings. The number of benzene rings is 2. The van der Waals surface area contributed by atoms with E-state index in [-0.39, 0.29) is 81.7 Å². The molecule has 17 heteroatoms. The Bertz CT molecular complexity index is 2250. The molecule has 2 aromatic heterocycles. The number of carbonyl (C=O) groups excluding carboxylic acids is 1. The first kappa shape index (κ1) is 41.9. The number of methoxy groups -OCH3 is 1. The van der Waals surface area contributed by atoms with Crippen molar-refractivity contribution < 1.29 is 46.4 Å². The van der Waals surface area contributed by atoms with Crippen LogP contribution in [-0.2, 0) is 0 Å². The van der Waals surface area contributed by atoms with Crippen molar-refractivity contribution in [3.05, 3.63) is 41.5 Å². The predicted octanol–water partition coefficient (Wildman–Crippen LogP) is 6.43. The van der Waals surface area contributed by atoms with Crippen molar-refractivity contribution in [1.82, 2.24) is 30.1 Å². The molecule has 2 saturated heterocycles. The molecule has 4 heterocycles. The van der Waals surface area contributed by atoms with Gasteiger partial charge in [-0.2, -0.15) is 9.97 Å². The number of ether oxygens (including phenoxy) is 2. The number of phenols is 1. The van der Waals surface area contributed by atoms with Crippen molar-refractivity contribution in [2.75, 3.05) is 64.5 Å². The van der Waals surface area contributed by atoms with Crippen molar-refractivity contribution in [3.8, 4) is 41.2 Å². The highest BCUT2D eigenvalue weighted by atomic mass is 19.3. The van der Waals surface area contributed by atoms with Gasteiger partial charge in [0.2, 0.25) is 5.88 Å². The third kappa shape index (κ3) is 8.47. The van der Waals surface area contributed by atoms with Gasteiger partial charge in [-0.15, -0.1) is 6.42 Å². The number of alkyl halides is 3. The number of amides is 2.